The number of hydrogen-bond acceptors (Lipinski definition) is 2. The van der Waals surface area contributed by atoms with Crippen molar-refractivity contribution in [2.45, 2.75) is 168 Å². The lowest BCUT2D eigenvalue weighted by atomic mass is 10.0. The molecule has 1 aliphatic rings. The highest BCUT2D eigenvalue weighted by molar-refractivity contribution is 4.98. The normalized spacial score (nSPS) is 16.2. The van der Waals surface area contributed by atoms with Crippen LogP contribution in [0.2, 0.25) is 0 Å². The van der Waals surface area contributed by atoms with Gasteiger partial charge in [0.2, 0.25) is 0 Å². The van der Waals surface area contributed by atoms with E-state index < -0.39 is 0 Å². The van der Waals surface area contributed by atoms with Crippen molar-refractivity contribution in [2.24, 2.45) is 0 Å². The summed E-state index contributed by atoms with van der Waals surface area (Å²) in [6.07, 6.45) is 33.8. The SMILES string of the molecule is CCCCCCCCCCCCN1C=CN(C(C)C)C1CCCCCCCCCCC. The lowest BCUT2D eigenvalue weighted by Crippen LogP contribution is -2.42. The lowest BCUT2D eigenvalue weighted by Gasteiger charge is -2.35. The van der Waals surface area contributed by atoms with E-state index >= 15 is 0 Å². The largest absolute Gasteiger partial charge is 0.356 e. The van der Waals surface area contributed by atoms with Crippen molar-refractivity contribution in [1.29, 1.82) is 0 Å². The molecule has 1 rings (SSSR count). The summed E-state index contributed by atoms with van der Waals surface area (Å²) in [7, 11) is 0. The summed E-state index contributed by atoms with van der Waals surface area (Å²) < 4.78 is 0. The Bertz CT molecular complexity index is 404. The van der Waals surface area contributed by atoms with Crippen molar-refractivity contribution >= 4 is 0 Å². The van der Waals surface area contributed by atoms with Crippen molar-refractivity contribution in [2.75, 3.05) is 6.54 Å². The summed E-state index contributed by atoms with van der Waals surface area (Å²) in [5.41, 5.74) is 0. The molecule has 0 aliphatic carbocycles. The van der Waals surface area contributed by atoms with Crippen LogP contribution >= 0.6 is 0 Å². The first kappa shape index (κ1) is 28.4. The molecule has 1 unspecified atom stereocenters. The van der Waals surface area contributed by atoms with Crippen LogP contribution in [-0.2, 0) is 0 Å². The first-order valence-corrected chi connectivity index (χ1v) is 14.4. The van der Waals surface area contributed by atoms with Gasteiger partial charge in [-0.15, -0.1) is 0 Å². The predicted octanol–water partition coefficient (Wildman–Crippen LogP) is 9.65. The number of nitrogens with zero attached hydrogens (tertiary/aromatic N) is 2. The Morgan fingerprint density at radius 1 is 0.548 bits per heavy atom. The van der Waals surface area contributed by atoms with Crippen LogP contribution in [0.25, 0.3) is 0 Å². The van der Waals surface area contributed by atoms with Crippen molar-refractivity contribution in [3.05, 3.63) is 12.4 Å². The maximum absolute atomic E-state index is 2.65. The number of unbranched alkanes of at least 4 members (excludes halogenated alkanes) is 17. The van der Waals surface area contributed by atoms with Gasteiger partial charge < -0.3 is 9.80 Å². The highest BCUT2D eigenvalue weighted by Gasteiger charge is 2.26. The zero-order chi connectivity index (χ0) is 22.6. The molecular formula is C29H58N2. The fourth-order valence-electron chi connectivity index (χ4n) is 5.01. The van der Waals surface area contributed by atoms with Crippen LogP contribution in [0, 0.1) is 0 Å². The second-order valence-electron chi connectivity index (χ2n) is 10.4. The average Bonchev–Trinajstić information content (AvgIpc) is 3.17. The maximum atomic E-state index is 2.65. The minimum atomic E-state index is 0.609. The highest BCUT2D eigenvalue weighted by Crippen LogP contribution is 2.25. The molecule has 31 heavy (non-hydrogen) atoms. The van der Waals surface area contributed by atoms with Crippen LogP contribution in [0.1, 0.15) is 156 Å². The van der Waals surface area contributed by atoms with E-state index in [1.54, 1.807) is 0 Å². The minimum Gasteiger partial charge on any atom is -0.356 e. The van der Waals surface area contributed by atoms with Crippen LogP contribution in [0.3, 0.4) is 0 Å². The van der Waals surface area contributed by atoms with E-state index in [2.05, 4.69) is 49.9 Å². The summed E-state index contributed by atoms with van der Waals surface area (Å²) in [6, 6.07) is 0.609. The van der Waals surface area contributed by atoms with Crippen LogP contribution in [0.15, 0.2) is 12.4 Å². The van der Waals surface area contributed by atoms with Gasteiger partial charge in [-0.2, -0.15) is 0 Å². The van der Waals surface area contributed by atoms with Crippen molar-refractivity contribution in [3.63, 3.8) is 0 Å². The van der Waals surface area contributed by atoms with Crippen molar-refractivity contribution < 1.29 is 0 Å². The summed E-state index contributed by atoms with van der Waals surface area (Å²) in [6.45, 7) is 10.5. The number of rotatable bonds is 22. The Morgan fingerprint density at radius 3 is 1.42 bits per heavy atom. The third-order valence-corrected chi connectivity index (χ3v) is 7.09. The first-order chi connectivity index (χ1) is 15.2. The molecule has 0 spiro atoms. The van der Waals surface area contributed by atoms with E-state index in [1.165, 1.54) is 135 Å². The van der Waals surface area contributed by atoms with Gasteiger partial charge in [-0.3, -0.25) is 0 Å². The van der Waals surface area contributed by atoms with Crippen LogP contribution in [0.4, 0.5) is 0 Å². The van der Waals surface area contributed by atoms with E-state index in [4.69, 9.17) is 0 Å². The monoisotopic (exact) mass is 434 g/mol. The second kappa shape index (κ2) is 20.0. The smallest absolute Gasteiger partial charge is 0.101 e. The molecule has 0 N–H and O–H groups in total. The quantitative estimate of drug-likeness (QED) is 0.156. The third-order valence-electron chi connectivity index (χ3n) is 7.09. The van der Waals surface area contributed by atoms with Crippen LogP contribution in [-0.4, -0.2) is 28.6 Å². The number of hydrogen-bond donors (Lipinski definition) is 0. The predicted molar refractivity (Wildman–Crippen MR) is 140 cm³/mol. The summed E-state index contributed by atoms with van der Waals surface area (Å²) >= 11 is 0. The maximum Gasteiger partial charge on any atom is 0.101 e. The topological polar surface area (TPSA) is 6.48 Å². The van der Waals surface area contributed by atoms with Gasteiger partial charge in [-0.05, 0) is 33.1 Å². The second-order valence-corrected chi connectivity index (χ2v) is 10.4. The fourth-order valence-corrected chi connectivity index (χ4v) is 5.01. The molecule has 0 bridgehead atoms. The standard InChI is InChI=1S/C29H58N2/c1-5-7-9-11-13-15-17-19-21-23-25-30-26-27-31(28(3)4)29(30)24-22-20-18-16-14-12-10-8-6-2/h26-29H,5-25H2,1-4H3. The highest BCUT2D eigenvalue weighted by atomic mass is 15.4. The molecule has 1 aliphatic heterocycles. The van der Waals surface area contributed by atoms with Crippen molar-refractivity contribution in [3.8, 4) is 0 Å². The molecular weight excluding hydrogens is 376 g/mol. The van der Waals surface area contributed by atoms with E-state index in [0.717, 1.165) is 0 Å². The molecule has 184 valence electrons. The van der Waals surface area contributed by atoms with Crippen molar-refractivity contribution in [1.82, 2.24) is 9.80 Å². The molecule has 2 nitrogen and oxygen atoms in total. The molecule has 0 saturated carbocycles. The average molecular weight is 435 g/mol. The molecule has 0 fully saturated rings. The lowest BCUT2D eigenvalue weighted by molar-refractivity contribution is 0.114. The zero-order valence-corrected chi connectivity index (χ0v) is 22.1. The van der Waals surface area contributed by atoms with E-state index in [0.29, 0.717) is 12.2 Å². The summed E-state index contributed by atoms with van der Waals surface area (Å²) in [5, 5.41) is 0. The summed E-state index contributed by atoms with van der Waals surface area (Å²) in [5.74, 6) is 0. The van der Waals surface area contributed by atoms with Crippen LogP contribution < -0.4 is 0 Å². The minimum absolute atomic E-state index is 0.609. The third kappa shape index (κ3) is 14.2. The van der Waals surface area contributed by atoms with Gasteiger partial charge in [-0.25, -0.2) is 0 Å². The van der Waals surface area contributed by atoms with Crippen LogP contribution in [0.5, 0.6) is 0 Å². The first-order valence-electron chi connectivity index (χ1n) is 14.4. The molecule has 0 aromatic rings. The molecule has 2 heteroatoms. The van der Waals surface area contributed by atoms with Gasteiger partial charge >= 0.3 is 0 Å². The van der Waals surface area contributed by atoms with Gasteiger partial charge in [0, 0.05) is 25.0 Å². The summed E-state index contributed by atoms with van der Waals surface area (Å²) in [4.78, 5) is 5.25. The Kier molecular flexibility index (Phi) is 18.3. The molecule has 0 saturated heterocycles. The van der Waals surface area contributed by atoms with Gasteiger partial charge in [0.15, 0.2) is 0 Å². The molecule has 0 amide bonds. The van der Waals surface area contributed by atoms with E-state index in [9.17, 15) is 0 Å². The fraction of sp³-hybridized carbons (Fsp3) is 0.931. The molecule has 0 aromatic carbocycles. The van der Waals surface area contributed by atoms with E-state index in [1.807, 2.05) is 0 Å². The Labute approximate surface area is 197 Å². The van der Waals surface area contributed by atoms with Gasteiger partial charge in [-0.1, -0.05) is 123 Å². The van der Waals surface area contributed by atoms with Gasteiger partial charge in [0.25, 0.3) is 0 Å². The molecule has 0 radical (unpaired) electrons. The Hall–Kier alpha value is -0.660. The Morgan fingerprint density at radius 2 is 0.968 bits per heavy atom. The van der Waals surface area contributed by atoms with E-state index in [-0.39, 0.29) is 0 Å². The molecule has 1 atom stereocenters. The van der Waals surface area contributed by atoms with Gasteiger partial charge in [0.05, 0.1) is 0 Å². The Balaban J connectivity index is 2.12. The molecule has 1 heterocycles. The van der Waals surface area contributed by atoms with Gasteiger partial charge in [0.1, 0.15) is 6.17 Å². The molecule has 0 aromatic heterocycles. The zero-order valence-electron chi connectivity index (χ0n) is 22.1.